The summed E-state index contributed by atoms with van der Waals surface area (Å²) in [5.74, 6) is -0.201. The lowest BCUT2D eigenvalue weighted by atomic mass is 10.3. The molecule has 14 heavy (non-hydrogen) atoms. The third kappa shape index (κ3) is 1.82. The van der Waals surface area contributed by atoms with Gasteiger partial charge in [-0.1, -0.05) is 5.16 Å². The molecule has 1 amide bonds. The van der Waals surface area contributed by atoms with Crippen LogP contribution in [0.3, 0.4) is 0 Å². The second-order valence-electron chi connectivity index (χ2n) is 2.78. The van der Waals surface area contributed by atoms with Gasteiger partial charge in [0, 0.05) is 4.88 Å². The number of hydrogen-bond donors (Lipinski definition) is 1. The SMILES string of the molecule is Cc1ccc(NC(=O)c2cnoc2)s1. The molecule has 2 rings (SSSR count). The second kappa shape index (κ2) is 3.63. The number of nitrogens with one attached hydrogen (secondary N) is 1. The molecule has 2 aromatic rings. The summed E-state index contributed by atoms with van der Waals surface area (Å²) in [6.45, 7) is 1.99. The number of thiophene rings is 1. The Balaban J connectivity index is 2.09. The summed E-state index contributed by atoms with van der Waals surface area (Å²) in [6.07, 6.45) is 2.70. The first-order chi connectivity index (χ1) is 6.75. The Morgan fingerprint density at radius 1 is 1.57 bits per heavy atom. The van der Waals surface area contributed by atoms with Gasteiger partial charge in [-0.2, -0.15) is 0 Å². The van der Waals surface area contributed by atoms with Gasteiger partial charge in [0.05, 0.1) is 16.8 Å². The van der Waals surface area contributed by atoms with Crippen LogP contribution in [0, 0.1) is 6.92 Å². The average Bonchev–Trinajstić information content (AvgIpc) is 2.75. The number of aromatic nitrogens is 1. The number of amides is 1. The Bertz CT molecular complexity index is 433. The maximum Gasteiger partial charge on any atom is 0.261 e. The maximum atomic E-state index is 11.5. The van der Waals surface area contributed by atoms with Crippen molar-refractivity contribution >= 4 is 22.2 Å². The molecule has 0 saturated carbocycles. The third-order valence-corrected chi connectivity index (χ3v) is 2.59. The first kappa shape index (κ1) is 8.96. The van der Waals surface area contributed by atoms with E-state index in [9.17, 15) is 4.79 Å². The first-order valence-corrected chi connectivity index (χ1v) is 4.84. The van der Waals surface area contributed by atoms with E-state index in [0.29, 0.717) is 5.56 Å². The third-order valence-electron chi connectivity index (χ3n) is 1.67. The van der Waals surface area contributed by atoms with Crippen molar-refractivity contribution in [2.75, 3.05) is 5.32 Å². The van der Waals surface area contributed by atoms with Crippen LogP contribution in [0.25, 0.3) is 0 Å². The summed E-state index contributed by atoms with van der Waals surface area (Å²) in [4.78, 5) is 12.6. The normalized spacial score (nSPS) is 10.1. The summed E-state index contributed by atoms with van der Waals surface area (Å²) >= 11 is 1.53. The van der Waals surface area contributed by atoms with Crippen LogP contribution in [0.5, 0.6) is 0 Å². The molecule has 4 nitrogen and oxygen atoms in total. The number of carbonyl (C=O) groups excluding carboxylic acids is 1. The summed E-state index contributed by atoms with van der Waals surface area (Å²) in [6, 6.07) is 3.82. The fraction of sp³-hybridized carbons (Fsp3) is 0.111. The van der Waals surface area contributed by atoms with E-state index in [1.807, 2.05) is 19.1 Å². The van der Waals surface area contributed by atoms with Crippen molar-refractivity contribution < 1.29 is 9.32 Å². The summed E-state index contributed by atoms with van der Waals surface area (Å²) in [5, 5.41) is 7.03. The number of rotatable bonds is 2. The zero-order valence-corrected chi connectivity index (χ0v) is 8.30. The van der Waals surface area contributed by atoms with E-state index in [-0.39, 0.29) is 5.91 Å². The van der Waals surface area contributed by atoms with E-state index >= 15 is 0 Å². The second-order valence-corrected chi connectivity index (χ2v) is 4.07. The zero-order valence-electron chi connectivity index (χ0n) is 7.48. The van der Waals surface area contributed by atoms with E-state index < -0.39 is 0 Å². The van der Waals surface area contributed by atoms with Crippen LogP contribution in [0.4, 0.5) is 5.00 Å². The first-order valence-electron chi connectivity index (χ1n) is 4.03. The molecule has 0 aromatic carbocycles. The molecule has 0 radical (unpaired) electrons. The Hall–Kier alpha value is -1.62. The molecule has 0 aliphatic rings. The van der Waals surface area contributed by atoms with Gasteiger partial charge in [0.25, 0.3) is 5.91 Å². The topological polar surface area (TPSA) is 55.1 Å². The van der Waals surface area contributed by atoms with E-state index in [0.717, 1.165) is 9.88 Å². The van der Waals surface area contributed by atoms with Gasteiger partial charge >= 0.3 is 0 Å². The molecular formula is C9H8N2O2S. The largest absolute Gasteiger partial charge is 0.364 e. The Morgan fingerprint density at radius 3 is 3.00 bits per heavy atom. The van der Waals surface area contributed by atoms with Gasteiger partial charge in [0.15, 0.2) is 0 Å². The molecule has 0 bridgehead atoms. The van der Waals surface area contributed by atoms with Crippen molar-refractivity contribution in [2.45, 2.75) is 6.92 Å². The Morgan fingerprint density at radius 2 is 2.43 bits per heavy atom. The number of hydrogen-bond acceptors (Lipinski definition) is 4. The molecule has 72 valence electrons. The van der Waals surface area contributed by atoms with E-state index in [1.165, 1.54) is 23.8 Å². The van der Waals surface area contributed by atoms with Crippen molar-refractivity contribution in [1.82, 2.24) is 5.16 Å². The lowest BCUT2D eigenvalue weighted by molar-refractivity contribution is 0.102. The average molecular weight is 208 g/mol. The predicted octanol–water partition coefficient (Wildman–Crippen LogP) is 2.30. The lowest BCUT2D eigenvalue weighted by Gasteiger charge is -1.97. The molecule has 0 spiro atoms. The minimum atomic E-state index is -0.201. The lowest BCUT2D eigenvalue weighted by Crippen LogP contribution is -2.09. The van der Waals surface area contributed by atoms with Crippen LogP contribution in [-0.4, -0.2) is 11.1 Å². The molecule has 0 aliphatic heterocycles. The Labute approximate surface area is 84.5 Å². The quantitative estimate of drug-likeness (QED) is 0.823. The zero-order chi connectivity index (χ0) is 9.97. The van der Waals surface area contributed by atoms with Crippen LogP contribution in [0.2, 0.25) is 0 Å². The summed E-state index contributed by atoms with van der Waals surface area (Å²) in [7, 11) is 0. The van der Waals surface area contributed by atoms with Gasteiger partial charge in [0.2, 0.25) is 0 Å². The molecule has 2 aromatic heterocycles. The van der Waals surface area contributed by atoms with E-state index in [1.54, 1.807) is 0 Å². The van der Waals surface area contributed by atoms with Gasteiger partial charge in [-0.15, -0.1) is 11.3 Å². The molecule has 0 fully saturated rings. The van der Waals surface area contributed by atoms with Crippen LogP contribution in [-0.2, 0) is 0 Å². The van der Waals surface area contributed by atoms with Crippen LogP contribution in [0.1, 0.15) is 15.2 Å². The monoisotopic (exact) mass is 208 g/mol. The molecule has 2 heterocycles. The van der Waals surface area contributed by atoms with Gasteiger partial charge in [-0.3, -0.25) is 4.79 Å². The van der Waals surface area contributed by atoms with Crippen LogP contribution < -0.4 is 5.32 Å². The van der Waals surface area contributed by atoms with Gasteiger partial charge < -0.3 is 9.84 Å². The highest BCUT2D eigenvalue weighted by Crippen LogP contribution is 2.21. The van der Waals surface area contributed by atoms with Crippen LogP contribution >= 0.6 is 11.3 Å². The Kier molecular flexibility index (Phi) is 2.32. The van der Waals surface area contributed by atoms with Gasteiger partial charge in [0.1, 0.15) is 6.26 Å². The highest BCUT2D eigenvalue weighted by atomic mass is 32.1. The maximum absolute atomic E-state index is 11.5. The number of nitrogens with zero attached hydrogens (tertiary/aromatic N) is 1. The smallest absolute Gasteiger partial charge is 0.261 e. The molecule has 0 aliphatic carbocycles. The highest BCUT2D eigenvalue weighted by Gasteiger charge is 2.08. The van der Waals surface area contributed by atoms with E-state index in [4.69, 9.17) is 0 Å². The molecule has 0 saturated heterocycles. The van der Waals surface area contributed by atoms with Crippen LogP contribution in [0.15, 0.2) is 29.1 Å². The highest BCUT2D eigenvalue weighted by molar-refractivity contribution is 7.16. The van der Waals surface area contributed by atoms with Crippen molar-refractivity contribution in [3.05, 3.63) is 35.0 Å². The molecule has 0 unspecified atom stereocenters. The molecular weight excluding hydrogens is 200 g/mol. The van der Waals surface area contributed by atoms with Crippen molar-refractivity contribution in [2.24, 2.45) is 0 Å². The number of carbonyl (C=O) groups is 1. The predicted molar refractivity (Wildman–Crippen MR) is 53.5 cm³/mol. The summed E-state index contributed by atoms with van der Waals surface area (Å²) < 4.78 is 4.57. The number of aryl methyl sites for hydroxylation is 1. The van der Waals surface area contributed by atoms with Crippen molar-refractivity contribution in [3.8, 4) is 0 Å². The summed E-state index contributed by atoms with van der Waals surface area (Å²) in [5.41, 5.74) is 0.427. The van der Waals surface area contributed by atoms with Crippen molar-refractivity contribution in [3.63, 3.8) is 0 Å². The number of anilines is 1. The minimum Gasteiger partial charge on any atom is -0.364 e. The van der Waals surface area contributed by atoms with E-state index in [2.05, 4.69) is 15.0 Å². The molecule has 1 N–H and O–H groups in total. The minimum absolute atomic E-state index is 0.201. The fourth-order valence-electron chi connectivity index (χ4n) is 1.00. The van der Waals surface area contributed by atoms with Gasteiger partial charge in [-0.25, -0.2) is 0 Å². The van der Waals surface area contributed by atoms with Crippen molar-refractivity contribution in [1.29, 1.82) is 0 Å². The molecule has 0 atom stereocenters. The standard InChI is InChI=1S/C9H8N2O2S/c1-6-2-3-8(14-6)11-9(12)7-4-10-13-5-7/h2-5H,1H3,(H,11,12). The fourth-order valence-corrected chi connectivity index (χ4v) is 1.77. The molecule has 5 heteroatoms. The van der Waals surface area contributed by atoms with Gasteiger partial charge in [-0.05, 0) is 19.1 Å².